The minimum atomic E-state index is -1.67. The highest BCUT2D eigenvalue weighted by molar-refractivity contribution is 6.10. The molecule has 6 nitrogen and oxygen atoms in total. The Morgan fingerprint density at radius 2 is 2.18 bits per heavy atom. The van der Waals surface area contributed by atoms with Crippen LogP contribution in [-0.2, 0) is 9.59 Å². The number of carbonyl (C=O) groups is 3. The van der Waals surface area contributed by atoms with Crippen molar-refractivity contribution < 1.29 is 19.5 Å². The van der Waals surface area contributed by atoms with Gasteiger partial charge in [0.15, 0.2) is 0 Å². The van der Waals surface area contributed by atoms with E-state index in [1.54, 1.807) is 5.32 Å². The van der Waals surface area contributed by atoms with E-state index in [4.69, 9.17) is 5.11 Å². The largest absolute Gasteiger partial charge is 0.365 e. The van der Waals surface area contributed by atoms with Gasteiger partial charge in [-0.2, -0.15) is 0 Å². The monoisotopic (exact) mass is 158 g/mol. The van der Waals surface area contributed by atoms with Crippen LogP contribution in [0, 0.1) is 0 Å². The number of nitrogens with zero attached hydrogens (tertiary/aromatic N) is 1. The van der Waals surface area contributed by atoms with E-state index in [0.29, 0.717) is 4.90 Å². The number of hydrogen-bond acceptors (Lipinski definition) is 4. The van der Waals surface area contributed by atoms with Crippen molar-refractivity contribution in [3.8, 4) is 0 Å². The molecule has 0 aromatic rings. The molecule has 1 saturated heterocycles. The highest BCUT2D eigenvalue weighted by Gasteiger charge is 2.39. The summed E-state index contributed by atoms with van der Waals surface area (Å²) in [6.45, 7) is 1.08. The molecule has 0 saturated carbocycles. The summed E-state index contributed by atoms with van der Waals surface area (Å²) in [6, 6.07) is -0.880. The minimum absolute atomic E-state index is 0.447. The van der Waals surface area contributed by atoms with Crippen molar-refractivity contribution in [1.29, 1.82) is 0 Å². The van der Waals surface area contributed by atoms with E-state index in [1.807, 2.05) is 0 Å². The second-order valence-corrected chi connectivity index (χ2v) is 2.06. The van der Waals surface area contributed by atoms with Crippen LogP contribution in [0.1, 0.15) is 6.92 Å². The molecular weight excluding hydrogens is 152 g/mol. The molecule has 2 N–H and O–H groups in total. The Bertz CT molecular complexity index is 237. The van der Waals surface area contributed by atoms with Crippen LogP contribution in [0.4, 0.5) is 4.79 Å². The zero-order valence-corrected chi connectivity index (χ0v) is 5.70. The Morgan fingerprint density at radius 1 is 1.64 bits per heavy atom. The lowest BCUT2D eigenvalue weighted by Gasteiger charge is -2.11. The second-order valence-electron chi connectivity index (χ2n) is 2.06. The third-order valence-electron chi connectivity index (χ3n) is 1.27. The first kappa shape index (κ1) is 7.67. The highest BCUT2D eigenvalue weighted by Crippen LogP contribution is 2.04. The fraction of sp³-hybridized carbons (Fsp3) is 0.400. The lowest BCUT2D eigenvalue weighted by Crippen LogP contribution is -2.38. The number of aliphatic hydroxyl groups is 1. The van der Waals surface area contributed by atoms with Gasteiger partial charge in [0.2, 0.25) is 12.1 Å². The van der Waals surface area contributed by atoms with Gasteiger partial charge in [0.05, 0.1) is 0 Å². The van der Waals surface area contributed by atoms with E-state index in [-0.39, 0.29) is 0 Å². The van der Waals surface area contributed by atoms with Crippen LogP contribution in [0.3, 0.4) is 0 Å². The molecule has 0 bridgehead atoms. The summed E-state index contributed by atoms with van der Waals surface area (Å²) in [5, 5.41) is 10.6. The van der Waals surface area contributed by atoms with Crippen LogP contribution in [-0.4, -0.2) is 34.1 Å². The van der Waals surface area contributed by atoms with Gasteiger partial charge in [-0.1, -0.05) is 0 Å². The predicted molar refractivity (Wildman–Crippen MR) is 32.1 cm³/mol. The molecule has 0 aromatic carbocycles. The summed E-state index contributed by atoms with van der Waals surface area (Å²) in [5.74, 6) is -1.54. The second kappa shape index (κ2) is 2.31. The molecular formula is C5H6N2O4. The van der Waals surface area contributed by atoms with Crippen molar-refractivity contribution >= 4 is 17.8 Å². The molecule has 1 unspecified atom stereocenters. The summed E-state index contributed by atoms with van der Waals surface area (Å²) >= 11 is 0. The Hall–Kier alpha value is -1.43. The van der Waals surface area contributed by atoms with Gasteiger partial charge in [-0.25, -0.2) is 9.69 Å². The first-order chi connectivity index (χ1) is 5.04. The summed E-state index contributed by atoms with van der Waals surface area (Å²) in [7, 11) is 0. The molecule has 6 heteroatoms. The quantitative estimate of drug-likeness (QED) is 0.416. The topological polar surface area (TPSA) is 86.7 Å². The van der Waals surface area contributed by atoms with Crippen molar-refractivity contribution in [3.63, 3.8) is 0 Å². The van der Waals surface area contributed by atoms with Crippen molar-refractivity contribution in [3.05, 3.63) is 0 Å². The van der Waals surface area contributed by atoms with Gasteiger partial charge >= 0.3 is 6.03 Å². The maximum atomic E-state index is 10.6. The third-order valence-corrected chi connectivity index (χ3v) is 1.27. The predicted octanol–water partition coefficient (Wildman–Crippen LogP) is -1.60. The van der Waals surface area contributed by atoms with Crippen LogP contribution in [0.5, 0.6) is 0 Å². The summed E-state index contributed by atoms with van der Waals surface area (Å²) in [4.78, 5) is 32.2. The van der Waals surface area contributed by atoms with Crippen molar-refractivity contribution in [1.82, 2.24) is 10.2 Å². The standard InChI is InChI=1S/C5H6N2O4/c1-2(8)7-4(10)3(9)6-5(7)11/h4,10H,1H3,(H,6,9,11). The van der Waals surface area contributed by atoms with E-state index >= 15 is 0 Å². The molecule has 1 aliphatic rings. The van der Waals surface area contributed by atoms with Gasteiger partial charge in [-0.05, 0) is 0 Å². The average molecular weight is 158 g/mol. The molecule has 1 rings (SSSR count). The maximum absolute atomic E-state index is 10.6. The summed E-state index contributed by atoms with van der Waals surface area (Å²) < 4.78 is 0. The van der Waals surface area contributed by atoms with E-state index < -0.39 is 24.1 Å². The first-order valence-electron chi connectivity index (χ1n) is 2.86. The van der Waals surface area contributed by atoms with E-state index in [0.717, 1.165) is 6.92 Å². The fourth-order valence-electron chi connectivity index (χ4n) is 0.774. The van der Waals surface area contributed by atoms with Crippen LogP contribution >= 0.6 is 0 Å². The van der Waals surface area contributed by atoms with E-state index in [1.165, 1.54) is 0 Å². The average Bonchev–Trinajstić information content (AvgIpc) is 2.07. The van der Waals surface area contributed by atoms with Gasteiger partial charge in [0.25, 0.3) is 5.91 Å². The molecule has 1 heterocycles. The van der Waals surface area contributed by atoms with Gasteiger partial charge in [0, 0.05) is 6.92 Å². The molecule has 60 valence electrons. The summed E-state index contributed by atoms with van der Waals surface area (Å²) in [6.07, 6.45) is -1.67. The SMILES string of the molecule is CC(=O)N1C(=O)NC(=O)C1O. The van der Waals surface area contributed by atoms with Crippen LogP contribution < -0.4 is 5.32 Å². The van der Waals surface area contributed by atoms with E-state index in [9.17, 15) is 14.4 Å². The smallest absolute Gasteiger partial charge is 0.333 e. The number of hydrogen-bond donors (Lipinski definition) is 2. The van der Waals surface area contributed by atoms with Crippen LogP contribution in [0.15, 0.2) is 0 Å². The van der Waals surface area contributed by atoms with Gasteiger partial charge < -0.3 is 5.11 Å². The molecule has 11 heavy (non-hydrogen) atoms. The number of nitrogens with one attached hydrogen (secondary N) is 1. The molecule has 0 aliphatic carbocycles. The molecule has 1 aliphatic heterocycles. The van der Waals surface area contributed by atoms with E-state index in [2.05, 4.69) is 0 Å². The Balaban J connectivity index is 2.88. The molecule has 0 spiro atoms. The molecule has 1 fully saturated rings. The Kier molecular flexibility index (Phi) is 1.61. The number of urea groups is 1. The number of amides is 4. The zero-order valence-electron chi connectivity index (χ0n) is 5.70. The zero-order chi connectivity index (χ0) is 8.59. The number of carbonyl (C=O) groups excluding carboxylic acids is 3. The van der Waals surface area contributed by atoms with Gasteiger partial charge in [-0.3, -0.25) is 14.9 Å². The lowest BCUT2D eigenvalue weighted by atomic mass is 10.5. The number of imide groups is 2. The first-order valence-corrected chi connectivity index (χ1v) is 2.86. The van der Waals surface area contributed by atoms with Crippen LogP contribution in [0.2, 0.25) is 0 Å². The number of aliphatic hydroxyl groups excluding tert-OH is 1. The normalized spacial score (nSPS) is 23.8. The molecule has 1 atom stereocenters. The van der Waals surface area contributed by atoms with Gasteiger partial charge in [0.1, 0.15) is 0 Å². The Labute approximate surface area is 61.8 Å². The molecule has 0 aromatic heterocycles. The van der Waals surface area contributed by atoms with Gasteiger partial charge in [-0.15, -0.1) is 0 Å². The highest BCUT2D eigenvalue weighted by atomic mass is 16.3. The Morgan fingerprint density at radius 3 is 2.36 bits per heavy atom. The van der Waals surface area contributed by atoms with Crippen LogP contribution in [0.25, 0.3) is 0 Å². The molecule has 0 radical (unpaired) electrons. The maximum Gasteiger partial charge on any atom is 0.333 e. The molecule has 4 amide bonds. The lowest BCUT2D eigenvalue weighted by molar-refractivity contribution is -0.141. The minimum Gasteiger partial charge on any atom is -0.365 e. The summed E-state index contributed by atoms with van der Waals surface area (Å²) in [5.41, 5.74) is 0. The third kappa shape index (κ3) is 1.07. The fourth-order valence-corrected chi connectivity index (χ4v) is 0.774. The van der Waals surface area contributed by atoms with Crippen molar-refractivity contribution in [2.24, 2.45) is 0 Å². The van der Waals surface area contributed by atoms with Crippen molar-refractivity contribution in [2.45, 2.75) is 13.2 Å². The number of rotatable bonds is 0. The van der Waals surface area contributed by atoms with Crippen molar-refractivity contribution in [2.75, 3.05) is 0 Å².